The van der Waals surface area contributed by atoms with Gasteiger partial charge in [0.1, 0.15) is 5.57 Å². The second-order valence-electron chi connectivity index (χ2n) is 6.90. The second kappa shape index (κ2) is 8.26. The van der Waals surface area contributed by atoms with E-state index in [9.17, 15) is 9.59 Å². The molecule has 0 radical (unpaired) electrons. The monoisotopic (exact) mass is 470 g/mol. The number of benzene rings is 1. The Morgan fingerprint density at radius 1 is 1.13 bits per heavy atom. The van der Waals surface area contributed by atoms with Crippen molar-refractivity contribution in [3.05, 3.63) is 81.4 Å². The molecule has 0 unspecified atom stereocenters. The van der Waals surface area contributed by atoms with Gasteiger partial charge in [-0.2, -0.15) is 0 Å². The molecule has 1 fully saturated rings. The summed E-state index contributed by atoms with van der Waals surface area (Å²) >= 11 is 17.6. The predicted octanol–water partition coefficient (Wildman–Crippen LogP) is 4.63. The van der Waals surface area contributed by atoms with Crippen LogP contribution >= 0.6 is 35.4 Å². The van der Waals surface area contributed by atoms with Crippen LogP contribution in [0.3, 0.4) is 0 Å². The molecule has 0 bridgehead atoms. The van der Waals surface area contributed by atoms with Crippen LogP contribution < -0.4 is 10.2 Å². The van der Waals surface area contributed by atoms with Crippen LogP contribution in [0.4, 0.5) is 5.69 Å². The number of nitrogens with one attached hydrogen (secondary N) is 1. The Morgan fingerprint density at radius 2 is 1.90 bits per heavy atom. The number of anilines is 1. The summed E-state index contributed by atoms with van der Waals surface area (Å²) in [6, 6.07) is 10.6. The molecule has 3 aromatic rings. The number of nitrogens with zero attached hydrogens (tertiary/aromatic N) is 3. The Bertz CT molecular complexity index is 1270. The van der Waals surface area contributed by atoms with Crippen LogP contribution in [0, 0.1) is 13.8 Å². The van der Waals surface area contributed by atoms with Gasteiger partial charge in [-0.05, 0) is 68.0 Å². The third-order valence-electron chi connectivity index (χ3n) is 4.95. The summed E-state index contributed by atoms with van der Waals surface area (Å²) in [5.74, 6) is -1.15. The highest BCUT2D eigenvalue weighted by Crippen LogP contribution is 2.34. The zero-order valence-corrected chi connectivity index (χ0v) is 18.8. The lowest BCUT2D eigenvalue weighted by atomic mass is 10.1. The molecule has 9 heteroatoms. The van der Waals surface area contributed by atoms with E-state index in [1.165, 1.54) is 4.90 Å². The summed E-state index contributed by atoms with van der Waals surface area (Å²) in [5.41, 5.74) is 3.65. The number of halogens is 2. The van der Waals surface area contributed by atoms with E-state index in [1.54, 1.807) is 36.7 Å². The van der Waals surface area contributed by atoms with Gasteiger partial charge in [-0.25, -0.2) is 0 Å². The van der Waals surface area contributed by atoms with Crippen LogP contribution in [0.5, 0.6) is 0 Å². The molecule has 1 aliphatic heterocycles. The largest absolute Gasteiger partial charge is 0.316 e. The van der Waals surface area contributed by atoms with Crippen molar-refractivity contribution in [1.82, 2.24) is 14.9 Å². The van der Waals surface area contributed by atoms with Gasteiger partial charge in [-0.1, -0.05) is 29.3 Å². The van der Waals surface area contributed by atoms with Crippen LogP contribution in [0.2, 0.25) is 10.0 Å². The average Bonchev–Trinajstić information content (AvgIpc) is 3.02. The Morgan fingerprint density at radius 3 is 2.61 bits per heavy atom. The molecule has 0 aliphatic carbocycles. The molecule has 156 valence electrons. The average molecular weight is 471 g/mol. The maximum absolute atomic E-state index is 13.3. The van der Waals surface area contributed by atoms with Crippen LogP contribution in [-0.4, -0.2) is 26.5 Å². The molecule has 3 heterocycles. The molecule has 1 aromatic carbocycles. The van der Waals surface area contributed by atoms with Crippen LogP contribution in [0.15, 0.2) is 54.4 Å². The van der Waals surface area contributed by atoms with Gasteiger partial charge < -0.3 is 4.57 Å². The highest BCUT2D eigenvalue weighted by Gasteiger charge is 2.36. The van der Waals surface area contributed by atoms with Gasteiger partial charge >= 0.3 is 0 Å². The summed E-state index contributed by atoms with van der Waals surface area (Å²) in [4.78, 5) is 31.2. The van der Waals surface area contributed by atoms with Gasteiger partial charge in [0, 0.05) is 17.6 Å². The van der Waals surface area contributed by atoms with Crippen molar-refractivity contribution in [1.29, 1.82) is 0 Å². The van der Waals surface area contributed by atoms with Crippen molar-refractivity contribution in [3.63, 3.8) is 0 Å². The highest BCUT2D eigenvalue weighted by molar-refractivity contribution is 7.80. The number of rotatable bonds is 3. The number of carbonyl (C=O) groups excluding carboxylic acids is 2. The summed E-state index contributed by atoms with van der Waals surface area (Å²) in [6.07, 6.45) is 5.00. The standard InChI is InChI=1S/C22H16Cl2N4O2S/c1-12-9-14(13(2)27(12)15-5-4-8-25-11-15)10-16-20(29)26-22(31)28(21(16)30)18-7-3-6-17(23)19(18)24/h3-11H,1-2H3,(H,26,29,31)/b16-10+. The molecule has 1 saturated heterocycles. The van der Waals surface area contributed by atoms with E-state index in [2.05, 4.69) is 10.3 Å². The van der Waals surface area contributed by atoms with Gasteiger partial charge in [0.2, 0.25) is 0 Å². The quantitative estimate of drug-likeness (QED) is 0.344. The van der Waals surface area contributed by atoms with Gasteiger partial charge in [-0.3, -0.25) is 24.8 Å². The first-order chi connectivity index (χ1) is 14.8. The van der Waals surface area contributed by atoms with Crippen molar-refractivity contribution in [2.45, 2.75) is 13.8 Å². The summed E-state index contributed by atoms with van der Waals surface area (Å²) in [6.45, 7) is 3.85. The fraction of sp³-hybridized carbons (Fsp3) is 0.0909. The van der Waals surface area contributed by atoms with Crippen LogP contribution in [0.25, 0.3) is 11.8 Å². The Labute approximate surface area is 194 Å². The number of amides is 2. The third kappa shape index (κ3) is 3.76. The fourth-order valence-corrected chi connectivity index (χ4v) is 4.17. The molecule has 2 aromatic heterocycles. The normalized spacial score (nSPS) is 15.5. The molecule has 6 nitrogen and oxygen atoms in total. The molecule has 31 heavy (non-hydrogen) atoms. The number of pyridine rings is 1. The second-order valence-corrected chi connectivity index (χ2v) is 8.08. The van der Waals surface area contributed by atoms with E-state index in [1.807, 2.05) is 36.6 Å². The van der Waals surface area contributed by atoms with Crippen molar-refractivity contribution >= 4 is 64.1 Å². The minimum Gasteiger partial charge on any atom is -0.316 e. The van der Waals surface area contributed by atoms with Crippen LogP contribution in [-0.2, 0) is 9.59 Å². The summed E-state index contributed by atoms with van der Waals surface area (Å²) in [7, 11) is 0. The van der Waals surface area contributed by atoms with E-state index < -0.39 is 11.8 Å². The van der Waals surface area contributed by atoms with E-state index in [-0.39, 0.29) is 20.7 Å². The van der Waals surface area contributed by atoms with Crippen molar-refractivity contribution in [3.8, 4) is 5.69 Å². The molecule has 0 spiro atoms. The first-order valence-electron chi connectivity index (χ1n) is 9.24. The van der Waals surface area contributed by atoms with Gasteiger partial charge in [-0.15, -0.1) is 0 Å². The summed E-state index contributed by atoms with van der Waals surface area (Å²) < 4.78 is 2.00. The smallest absolute Gasteiger partial charge is 0.270 e. The lowest BCUT2D eigenvalue weighted by Gasteiger charge is -2.29. The molecule has 2 amide bonds. The Balaban J connectivity index is 1.79. The van der Waals surface area contributed by atoms with Gasteiger partial charge in [0.05, 0.1) is 27.6 Å². The number of aromatic nitrogens is 2. The minimum absolute atomic E-state index is 0.0582. The number of aryl methyl sites for hydroxylation is 1. The molecule has 1 aliphatic rings. The number of hydrogen-bond acceptors (Lipinski definition) is 4. The van der Waals surface area contributed by atoms with Gasteiger partial charge in [0.25, 0.3) is 11.8 Å². The lowest BCUT2D eigenvalue weighted by molar-refractivity contribution is -0.122. The zero-order chi connectivity index (χ0) is 22.3. The molecule has 0 atom stereocenters. The van der Waals surface area contributed by atoms with Crippen molar-refractivity contribution < 1.29 is 9.59 Å². The lowest BCUT2D eigenvalue weighted by Crippen LogP contribution is -2.54. The minimum atomic E-state index is -0.580. The fourth-order valence-electron chi connectivity index (χ4n) is 3.51. The molecule has 1 N–H and O–H groups in total. The van der Waals surface area contributed by atoms with Crippen molar-refractivity contribution in [2.75, 3.05) is 4.90 Å². The Kier molecular flexibility index (Phi) is 5.66. The zero-order valence-electron chi connectivity index (χ0n) is 16.5. The first kappa shape index (κ1) is 21.2. The van der Waals surface area contributed by atoms with E-state index in [4.69, 9.17) is 35.4 Å². The molecular formula is C22H16Cl2N4O2S. The van der Waals surface area contributed by atoms with Crippen molar-refractivity contribution in [2.24, 2.45) is 0 Å². The maximum Gasteiger partial charge on any atom is 0.270 e. The SMILES string of the molecule is Cc1cc(/C=C2\C(=O)NC(=S)N(c3cccc(Cl)c3Cl)C2=O)c(C)n1-c1cccnc1. The predicted molar refractivity (Wildman–Crippen MR) is 126 cm³/mol. The van der Waals surface area contributed by atoms with Crippen LogP contribution in [0.1, 0.15) is 17.0 Å². The molecule has 4 rings (SSSR count). The summed E-state index contributed by atoms with van der Waals surface area (Å²) in [5, 5.41) is 2.95. The van der Waals surface area contributed by atoms with E-state index in [0.717, 1.165) is 22.6 Å². The van der Waals surface area contributed by atoms with E-state index in [0.29, 0.717) is 5.69 Å². The number of hydrogen-bond donors (Lipinski definition) is 1. The maximum atomic E-state index is 13.3. The highest BCUT2D eigenvalue weighted by atomic mass is 35.5. The third-order valence-corrected chi connectivity index (χ3v) is 6.04. The van der Waals surface area contributed by atoms with E-state index >= 15 is 0 Å². The molecule has 0 saturated carbocycles. The Hall–Kier alpha value is -3.00. The topological polar surface area (TPSA) is 67.2 Å². The molecular weight excluding hydrogens is 455 g/mol. The first-order valence-corrected chi connectivity index (χ1v) is 10.4. The number of thiocarbonyl (C=S) groups is 1. The number of carbonyl (C=O) groups is 2. The van der Waals surface area contributed by atoms with Gasteiger partial charge in [0.15, 0.2) is 5.11 Å².